The lowest BCUT2D eigenvalue weighted by Gasteiger charge is -2.31. The van der Waals surface area contributed by atoms with E-state index in [0.717, 1.165) is 11.3 Å². The fourth-order valence-electron chi connectivity index (χ4n) is 2.34. The molecular formula is C15H20N2O4. The van der Waals surface area contributed by atoms with E-state index in [2.05, 4.69) is 0 Å². The number of carbonyl (C=O) groups is 2. The van der Waals surface area contributed by atoms with Crippen molar-refractivity contribution in [2.24, 2.45) is 0 Å². The van der Waals surface area contributed by atoms with Crippen LogP contribution in [0, 0.1) is 6.92 Å². The number of benzene rings is 1. The van der Waals surface area contributed by atoms with E-state index in [1.807, 2.05) is 26.0 Å². The fraction of sp³-hybridized carbons (Fsp3) is 0.467. The van der Waals surface area contributed by atoms with Crippen molar-refractivity contribution in [1.82, 2.24) is 4.90 Å². The number of likely N-dealkylation sites (N-methyl/N-ethyl adjacent to an activating group) is 1. The SMILES string of the molecule is CCN(CCO)C(=O)CN1CC(=O)Oc2ccc(C)cc21. The Morgan fingerprint density at radius 2 is 2.24 bits per heavy atom. The number of carbonyl (C=O) groups excluding carboxylic acids is 2. The topological polar surface area (TPSA) is 70.1 Å². The van der Waals surface area contributed by atoms with Gasteiger partial charge in [0.05, 0.1) is 18.8 Å². The lowest BCUT2D eigenvalue weighted by Crippen LogP contribution is -2.45. The van der Waals surface area contributed by atoms with E-state index in [0.29, 0.717) is 18.8 Å². The van der Waals surface area contributed by atoms with Gasteiger partial charge < -0.3 is 19.6 Å². The third kappa shape index (κ3) is 3.52. The van der Waals surface area contributed by atoms with Gasteiger partial charge in [-0.25, -0.2) is 4.79 Å². The predicted molar refractivity (Wildman–Crippen MR) is 78.4 cm³/mol. The first-order valence-electron chi connectivity index (χ1n) is 7.00. The number of ether oxygens (including phenoxy) is 1. The molecule has 1 aliphatic rings. The molecule has 6 heteroatoms. The number of aryl methyl sites for hydroxylation is 1. The zero-order chi connectivity index (χ0) is 15.4. The van der Waals surface area contributed by atoms with Gasteiger partial charge >= 0.3 is 5.97 Å². The highest BCUT2D eigenvalue weighted by Gasteiger charge is 2.26. The van der Waals surface area contributed by atoms with Gasteiger partial charge in [-0.05, 0) is 31.5 Å². The van der Waals surface area contributed by atoms with Crippen LogP contribution in [0.15, 0.2) is 18.2 Å². The Kier molecular flexibility index (Phi) is 4.80. The maximum atomic E-state index is 12.3. The molecule has 0 atom stereocenters. The highest BCUT2D eigenvalue weighted by Crippen LogP contribution is 2.32. The van der Waals surface area contributed by atoms with E-state index in [-0.39, 0.29) is 31.6 Å². The Morgan fingerprint density at radius 3 is 2.90 bits per heavy atom. The minimum absolute atomic E-state index is 0.0544. The van der Waals surface area contributed by atoms with Crippen molar-refractivity contribution in [3.8, 4) is 5.75 Å². The number of aliphatic hydroxyl groups excluding tert-OH is 1. The zero-order valence-electron chi connectivity index (χ0n) is 12.3. The molecule has 1 aliphatic heterocycles. The van der Waals surface area contributed by atoms with Crippen LogP contribution in [0.25, 0.3) is 0 Å². The Balaban J connectivity index is 2.19. The van der Waals surface area contributed by atoms with E-state index in [1.54, 1.807) is 15.9 Å². The van der Waals surface area contributed by atoms with Crippen LogP contribution >= 0.6 is 0 Å². The molecule has 21 heavy (non-hydrogen) atoms. The molecule has 1 heterocycles. The number of fused-ring (bicyclic) bond motifs is 1. The van der Waals surface area contributed by atoms with E-state index in [1.165, 1.54) is 0 Å². The van der Waals surface area contributed by atoms with E-state index in [9.17, 15) is 9.59 Å². The fourth-order valence-corrected chi connectivity index (χ4v) is 2.34. The highest BCUT2D eigenvalue weighted by atomic mass is 16.5. The summed E-state index contributed by atoms with van der Waals surface area (Å²) in [5.41, 5.74) is 1.79. The van der Waals surface area contributed by atoms with Gasteiger partial charge in [0.25, 0.3) is 0 Å². The van der Waals surface area contributed by atoms with E-state index in [4.69, 9.17) is 9.84 Å². The normalized spacial score (nSPS) is 13.7. The van der Waals surface area contributed by atoms with Crippen LogP contribution < -0.4 is 9.64 Å². The molecule has 0 bridgehead atoms. The predicted octanol–water partition coefficient (Wildman–Crippen LogP) is 0.561. The number of esters is 1. The van der Waals surface area contributed by atoms with Crippen LogP contribution in [0.4, 0.5) is 5.69 Å². The van der Waals surface area contributed by atoms with Gasteiger partial charge in [-0.1, -0.05) is 6.07 Å². The van der Waals surface area contributed by atoms with Gasteiger partial charge in [0.15, 0.2) is 5.75 Å². The monoisotopic (exact) mass is 292 g/mol. The largest absolute Gasteiger partial charge is 0.423 e. The highest BCUT2D eigenvalue weighted by molar-refractivity contribution is 5.89. The Bertz CT molecular complexity index is 544. The van der Waals surface area contributed by atoms with Crippen LogP contribution in [0.3, 0.4) is 0 Å². The summed E-state index contributed by atoms with van der Waals surface area (Å²) >= 11 is 0. The molecule has 1 aromatic carbocycles. The molecule has 0 radical (unpaired) electrons. The molecule has 0 saturated heterocycles. The van der Waals surface area contributed by atoms with Crippen molar-refractivity contribution in [1.29, 1.82) is 0 Å². The van der Waals surface area contributed by atoms with Crippen molar-refractivity contribution in [3.63, 3.8) is 0 Å². The van der Waals surface area contributed by atoms with Gasteiger partial charge in [-0.2, -0.15) is 0 Å². The summed E-state index contributed by atoms with van der Waals surface area (Å²) in [4.78, 5) is 27.2. The summed E-state index contributed by atoms with van der Waals surface area (Å²) in [5, 5.41) is 8.98. The molecular weight excluding hydrogens is 272 g/mol. The van der Waals surface area contributed by atoms with Gasteiger partial charge in [-0.15, -0.1) is 0 Å². The quantitative estimate of drug-likeness (QED) is 0.634. The lowest BCUT2D eigenvalue weighted by molar-refractivity contribution is -0.133. The lowest BCUT2D eigenvalue weighted by atomic mass is 10.1. The van der Waals surface area contributed by atoms with Crippen molar-refractivity contribution < 1.29 is 19.4 Å². The third-order valence-electron chi connectivity index (χ3n) is 3.43. The van der Waals surface area contributed by atoms with Gasteiger partial charge in [0.1, 0.15) is 6.54 Å². The van der Waals surface area contributed by atoms with Crippen molar-refractivity contribution in [2.45, 2.75) is 13.8 Å². The average molecular weight is 292 g/mol. The van der Waals surface area contributed by atoms with Crippen LogP contribution in [-0.4, -0.2) is 54.7 Å². The summed E-state index contributed by atoms with van der Waals surface area (Å²) in [6.45, 7) is 4.71. The molecule has 1 aromatic rings. The van der Waals surface area contributed by atoms with Crippen LogP contribution in [-0.2, 0) is 9.59 Å². The number of hydrogen-bond acceptors (Lipinski definition) is 5. The first kappa shape index (κ1) is 15.3. The second kappa shape index (κ2) is 6.58. The molecule has 114 valence electrons. The van der Waals surface area contributed by atoms with E-state index < -0.39 is 0 Å². The number of amides is 1. The smallest absolute Gasteiger partial charge is 0.331 e. The summed E-state index contributed by atoms with van der Waals surface area (Å²) in [7, 11) is 0. The number of rotatable bonds is 5. The molecule has 0 fully saturated rings. The molecule has 1 N–H and O–H groups in total. The van der Waals surface area contributed by atoms with Gasteiger partial charge in [-0.3, -0.25) is 4.79 Å². The Hall–Kier alpha value is -2.08. The Labute approximate surface area is 123 Å². The maximum Gasteiger partial charge on any atom is 0.331 e. The van der Waals surface area contributed by atoms with Gasteiger partial charge in [0.2, 0.25) is 5.91 Å². The molecule has 2 rings (SSSR count). The molecule has 1 amide bonds. The number of anilines is 1. The summed E-state index contributed by atoms with van der Waals surface area (Å²) in [6, 6.07) is 5.50. The number of hydrogen-bond donors (Lipinski definition) is 1. The first-order valence-corrected chi connectivity index (χ1v) is 7.00. The molecule has 6 nitrogen and oxygen atoms in total. The van der Waals surface area contributed by atoms with E-state index >= 15 is 0 Å². The van der Waals surface area contributed by atoms with Crippen molar-refractivity contribution >= 4 is 17.6 Å². The third-order valence-corrected chi connectivity index (χ3v) is 3.43. The molecule has 0 unspecified atom stereocenters. The molecule has 0 saturated carbocycles. The minimum atomic E-state index is -0.371. The standard InChI is InChI=1S/C15H20N2O4/c1-3-16(6-7-18)14(19)9-17-10-15(20)21-13-5-4-11(2)8-12(13)17/h4-5,8,18H,3,6-7,9-10H2,1-2H3. The maximum absolute atomic E-state index is 12.3. The van der Waals surface area contributed by atoms with Crippen LogP contribution in [0.2, 0.25) is 0 Å². The molecule has 0 spiro atoms. The second-order valence-corrected chi connectivity index (χ2v) is 5.00. The second-order valence-electron chi connectivity index (χ2n) is 5.00. The number of aliphatic hydroxyl groups is 1. The molecule has 0 aliphatic carbocycles. The Morgan fingerprint density at radius 1 is 1.48 bits per heavy atom. The zero-order valence-corrected chi connectivity index (χ0v) is 12.3. The summed E-state index contributed by atoms with van der Waals surface area (Å²) in [5.74, 6) is -0.00655. The van der Waals surface area contributed by atoms with Crippen LogP contribution in [0.5, 0.6) is 5.75 Å². The van der Waals surface area contributed by atoms with Gasteiger partial charge in [0, 0.05) is 13.1 Å². The van der Waals surface area contributed by atoms with Crippen molar-refractivity contribution in [3.05, 3.63) is 23.8 Å². The minimum Gasteiger partial charge on any atom is -0.423 e. The summed E-state index contributed by atoms with van der Waals surface area (Å²) in [6.07, 6.45) is 0. The molecule has 0 aromatic heterocycles. The number of nitrogens with zero attached hydrogens (tertiary/aromatic N) is 2. The first-order chi connectivity index (χ1) is 10.0. The average Bonchev–Trinajstić information content (AvgIpc) is 2.45. The van der Waals surface area contributed by atoms with Crippen LogP contribution in [0.1, 0.15) is 12.5 Å². The summed E-state index contributed by atoms with van der Waals surface area (Å²) < 4.78 is 5.19. The van der Waals surface area contributed by atoms with Crippen molar-refractivity contribution in [2.75, 3.05) is 37.7 Å².